The highest BCUT2D eigenvalue weighted by atomic mass is 35.5. The molecule has 3 nitrogen and oxygen atoms in total. The smallest absolute Gasteiger partial charge is 0.248 e. The molecule has 0 saturated heterocycles. The Morgan fingerprint density at radius 1 is 1.16 bits per heavy atom. The minimum atomic E-state index is -1.07. The fourth-order valence-electron chi connectivity index (χ4n) is 2.40. The van der Waals surface area contributed by atoms with Crippen molar-refractivity contribution in [1.82, 2.24) is 0 Å². The first-order valence-electron chi connectivity index (χ1n) is 8.18. The maximum Gasteiger partial charge on any atom is 0.248 e. The van der Waals surface area contributed by atoms with Crippen LogP contribution in [0.2, 0.25) is 0 Å². The van der Waals surface area contributed by atoms with Crippen molar-refractivity contribution in [3.63, 3.8) is 0 Å². The van der Waals surface area contributed by atoms with Gasteiger partial charge < -0.3 is 11.1 Å². The molecule has 0 saturated carbocycles. The summed E-state index contributed by atoms with van der Waals surface area (Å²) in [5.41, 5.74) is 9.19. The summed E-state index contributed by atoms with van der Waals surface area (Å²) in [4.78, 5) is 12.7. The first-order valence-corrected chi connectivity index (χ1v) is 9.23. The molecule has 0 aliphatic rings. The van der Waals surface area contributed by atoms with Crippen molar-refractivity contribution in [2.45, 2.75) is 44.2 Å². The van der Waals surface area contributed by atoms with Crippen LogP contribution in [-0.4, -0.2) is 11.2 Å². The minimum Gasteiger partial charge on any atom is -0.324 e. The largest absolute Gasteiger partial charge is 0.324 e. The van der Waals surface area contributed by atoms with Gasteiger partial charge in [-0.25, -0.2) is 0 Å². The molecule has 2 aromatic carbocycles. The van der Waals surface area contributed by atoms with E-state index in [1.54, 1.807) is 6.92 Å². The Morgan fingerprint density at radius 2 is 1.80 bits per heavy atom. The maximum atomic E-state index is 12.7. The molecule has 3 N–H and O–H groups in total. The lowest BCUT2D eigenvalue weighted by atomic mass is 9.92. The van der Waals surface area contributed by atoms with Gasteiger partial charge in [0.2, 0.25) is 5.91 Å². The summed E-state index contributed by atoms with van der Waals surface area (Å²) in [7, 11) is 0. The van der Waals surface area contributed by atoms with Crippen LogP contribution in [0.4, 0.5) is 5.69 Å². The SMILES string of the molecule is Cc1c(CSC(C)C)cccc1NC(=O)C(C)(N)c1ccccc1.Cl. The summed E-state index contributed by atoms with van der Waals surface area (Å²) >= 11 is 1.89. The van der Waals surface area contributed by atoms with E-state index in [2.05, 4.69) is 25.2 Å². The molecular formula is C20H27ClN2OS. The monoisotopic (exact) mass is 378 g/mol. The molecule has 0 bridgehead atoms. The summed E-state index contributed by atoms with van der Waals surface area (Å²) in [6.45, 7) is 8.16. The van der Waals surface area contributed by atoms with Gasteiger partial charge in [-0.15, -0.1) is 12.4 Å². The van der Waals surface area contributed by atoms with Gasteiger partial charge in [0.05, 0.1) is 0 Å². The number of rotatable bonds is 6. The molecule has 1 amide bonds. The highest BCUT2D eigenvalue weighted by molar-refractivity contribution is 7.99. The van der Waals surface area contributed by atoms with Crippen LogP contribution in [0.1, 0.15) is 37.5 Å². The molecule has 0 spiro atoms. The van der Waals surface area contributed by atoms with E-state index in [0.717, 1.165) is 22.6 Å². The fraction of sp³-hybridized carbons (Fsp3) is 0.350. The molecule has 0 aliphatic carbocycles. The van der Waals surface area contributed by atoms with E-state index in [1.165, 1.54) is 5.56 Å². The van der Waals surface area contributed by atoms with Gasteiger partial charge in [-0.1, -0.05) is 56.3 Å². The third-order valence-corrected chi connectivity index (χ3v) is 5.26. The van der Waals surface area contributed by atoms with Gasteiger partial charge in [-0.3, -0.25) is 4.79 Å². The number of thioether (sulfide) groups is 1. The van der Waals surface area contributed by atoms with Crippen molar-refractivity contribution in [2.24, 2.45) is 5.73 Å². The number of anilines is 1. The zero-order valence-corrected chi connectivity index (χ0v) is 16.8. The first-order chi connectivity index (χ1) is 11.3. The fourth-order valence-corrected chi connectivity index (χ4v) is 3.22. The predicted octanol–water partition coefficient (Wildman–Crippen LogP) is 4.87. The van der Waals surface area contributed by atoms with Crippen molar-refractivity contribution in [1.29, 1.82) is 0 Å². The molecule has 5 heteroatoms. The molecule has 0 aliphatic heterocycles. The van der Waals surface area contributed by atoms with Crippen molar-refractivity contribution >= 4 is 35.8 Å². The maximum absolute atomic E-state index is 12.7. The highest BCUT2D eigenvalue weighted by Crippen LogP contribution is 2.26. The lowest BCUT2D eigenvalue weighted by molar-refractivity contribution is -0.120. The molecule has 0 radical (unpaired) electrons. The lowest BCUT2D eigenvalue weighted by Crippen LogP contribution is -2.45. The van der Waals surface area contributed by atoms with E-state index >= 15 is 0 Å². The molecule has 0 aromatic heterocycles. The topological polar surface area (TPSA) is 55.1 Å². The summed E-state index contributed by atoms with van der Waals surface area (Å²) in [6, 6.07) is 15.5. The van der Waals surface area contributed by atoms with E-state index in [0.29, 0.717) is 5.25 Å². The molecule has 2 rings (SSSR count). The van der Waals surface area contributed by atoms with Crippen LogP contribution in [0, 0.1) is 6.92 Å². The highest BCUT2D eigenvalue weighted by Gasteiger charge is 2.30. The zero-order valence-electron chi connectivity index (χ0n) is 15.2. The number of carbonyl (C=O) groups excluding carboxylic acids is 1. The van der Waals surface area contributed by atoms with Gasteiger partial charge in [-0.2, -0.15) is 11.8 Å². The summed E-state index contributed by atoms with van der Waals surface area (Å²) in [5.74, 6) is 0.733. The Labute approximate surface area is 161 Å². The molecule has 136 valence electrons. The quantitative estimate of drug-likeness (QED) is 0.753. The van der Waals surface area contributed by atoms with E-state index in [4.69, 9.17) is 5.73 Å². The number of halogens is 1. The van der Waals surface area contributed by atoms with Crippen LogP contribution in [0.5, 0.6) is 0 Å². The van der Waals surface area contributed by atoms with E-state index in [1.807, 2.05) is 61.2 Å². The average molecular weight is 379 g/mol. The number of nitrogens with two attached hydrogens (primary N) is 1. The van der Waals surface area contributed by atoms with Gasteiger partial charge in [-0.05, 0) is 41.9 Å². The van der Waals surface area contributed by atoms with Crippen LogP contribution < -0.4 is 11.1 Å². The second-order valence-corrected chi connectivity index (χ2v) is 8.04. The molecule has 0 heterocycles. The predicted molar refractivity (Wildman–Crippen MR) is 111 cm³/mol. The van der Waals surface area contributed by atoms with Gasteiger partial charge >= 0.3 is 0 Å². The van der Waals surface area contributed by atoms with Crippen LogP contribution in [0.3, 0.4) is 0 Å². The Kier molecular flexibility index (Phi) is 8.00. The van der Waals surface area contributed by atoms with Crippen molar-refractivity contribution in [2.75, 3.05) is 5.32 Å². The minimum absolute atomic E-state index is 0. The number of hydrogen-bond acceptors (Lipinski definition) is 3. The Balaban J connectivity index is 0.00000312. The third kappa shape index (κ3) is 5.50. The summed E-state index contributed by atoms with van der Waals surface area (Å²) in [6.07, 6.45) is 0. The number of nitrogens with one attached hydrogen (secondary N) is 1. The molecule has 25 heavy (non-hydrogen) atoms. The average Bonchev–Trinajstić information content (AvgIpc) is 2.56. The summed E-state index contributed by atoms with van der Waals surface area (Å²) in [5, 5.41) is 3.58. The molecule has 1 unspecified atom stereocenters. The number of amides is 1. The third-order valence-electron chi connectivity index (χ3n) is 4.11. The van der Waals surface area contributed by atoms with Gasteiger partial charge in [0, 0.05) is 11.4 Å². The van der Waals surface area contributed by atoms with Crippen molar-refractivity contribution in [3.8, 4) is 0 Å². The molecule has 2 aromatic rings. The Hall–Kier alpha value is -1.49. The van der Waals surface area contributed by atoms with E-state index in [9.17, 15) is 4.79 Å². The second-order valence-electron chi connectivity index (χ2n) is 6.47. The standard InChI is InChI=1S/C20H26N2OS.ClH/c1-14(2)24-13-16-9-8-12-18(15(16)3)22-19(23)20(4,21)17-10-6-5-7-11-17;/h5-12,14H,13,21H2,1-4H3,(H,22,23);1H. The van der Waals surface area contributed by atoms with Crippen molar-refractivity contribution < 1.29 is 4.79 Å². The van der Waals surface area contributed by atoms with Crippen LogP contribution in [0.25, 0.3) is 0 Å². The van der Waals surface area contributed by atoms with Gasteiger partial charge in [0.25, 0.3) is 0 Å². The summed E-state index contributed by atoms with van der Waals surface area (Å²) < 4.78 is 0. The van der Waals surface area contributed by atoms with Gasteiger partial charge in [0.15, 0.2) is 0 Å². The molecule has 0 fully saturated rings. The number of benzene rings is 2. The van der Waals surface area contributed by atoms with Crippen LogP contribution in [-0.2, 0) is 16.1 Å². The van der Waals surface area contributed by atoms with E-state index < -0.39 is 5.54 Å². The number of carbonyl (C=O) groups is 1. The van der Waals surface area contributed by atoms with Crippen LogP contribution in [0.15, 0.2) is 48.5 Å². The van der Waals surface area contributed by atoms with Gasteiger partial charge in [0.1, 0.15) is 5.54 Å². The normalized spacial score (nSPS) is 13.0. The Morgan fingerprint density at radius 3 is 2.40 bits per heavy atom. The zero-order chi connectivity index (χ0) is 17.7. The molecular weight excluding hydrogens is 352 g/mol. The number of hydrogen-bond donors (Lipinski definition) is 2. The molecule has 1 atom stereocenters. The Bertz CT molecular complexity index is 702. The van der Waals surface area contributed by atoms with E-state index in [-0.39, 0.29) is 18.3 Å². The lowest BCUT2D eigenvalue weighted by Gasteiger charge is -2.25. The van der Waals surface area contributed by atoms with Crippen LogP contribution >= 0.6 is 24.2 Å². The second kappa shape index (κ2) is 9.27. The first kappa shape index (κ1) is 21.6. The van der Waals surface area contributed by atoms with Crippen molar-refractivity contribution in [3.05, 3.63) is 65.2 Å².